The van der Waals surface area contributed by atoms with Crippen molar-refractivity contribution in [1.29, 1.82) is 0 Å². The number of nitrogens with one attached hydrogen (secondary N) is 1. The molecular weight excluding hydrogens is 455 g/mol. The van der Waals surface area contributed by atoms with Crippen LogP contribution in [-0.2, 0) is 9.63 Å². The highest BCUT2D eigenvalue weighted by Gasteiger charge is 2.17. The molecule has 0 saturated carbocycles. The maximum absolute atomic E-state index is 11.6. The summed E-state index contributed by atoms with van der Waals surface area (Å²) < 4.78 is 1.99. The van der Waals surface area contributed by atoms with Crippen LogP contribution < -0.4 is 5.48 Å². The minimum Gasteiger partial charge on any atom is -0.274 e. The Balaban J connectivity index is 1.76. The van der Waals surface area contributed by atoms with E-state index in [1.54, 1.807) is 17.8 Å². The third-order valence-electron chi connectivity index (χ3n) is 4.46. The molecule has 0 unspecified atom stereocenters. The third-order valence-corrected chi connectivity index (χ3v) is 6.22. The summed E-state index contributed by atoms with van der Waals surface area (Å²) >= 11 is 14.0. The fourth-order valence-electron chi connectivity index (χ4n) is 2.86. The topological polar surface area (TPSA) is 69.0 Å². The molecule has 1 heterocycles. The highest BCUT2D eigenvalue weighted by atomic mass is 35.5. The lowest BCUT2D eigenvalue weighted by atomic mass is 10.1. The number of nitrogens with zero attached hydrogens (tertiary/aromatic N) is 3. The average Bonchev–Trinajstić information content (AvgIpc) is 3.18. The third kappa shape index (κ3) is 6.46. The van der Waals surface area contributed by atoms with Crippen molar-refractivity contribution in [2.24, 2.45) is 0 Å². The minimum atomic E-state index is -0.104. The lowest BCUT2D eigenvalue weighted by molar-refractivity contribution is -0.133. The van der Waals surface area contributed by atoms with E-state index >= 15 is 0 Å². The number of hydroxylamine groups is 1. The first-order valence-electron chi connectivity index (χ1n) is 10.0. The molecule has 0 atom stereocenters. The normalized spacial score (nSPS) is 11.0. The lowest BCUT2D eigenvalue weighted by Crippen LogP contribution is -2.23. The number of hydrogen-bond donors (Lipinski definition) is 1. The van der Waals surface area contributed by atoms with Crippen LogP contribution >= 0.6 is 35.0 Å². The van der Waals surface area contributed by atoms with E-state index in [0.29, 0.717) is 23.1 Å². The Kier molecular flexibility index (Phi) is 8.78. The van der Waals surface area contributed by atoms with Gasteiger partial charge in [0, 0.05) is 17.7 Å². The number of rotatable bonds is 10. The molecule has 0 spiro atoms. The highest BCUT2D eigenvalue weighted by molar-refractivity contribution is 7.99. The molecule has 1 N–H and O–H groups in total. The maximum Gasteiger partial charge on any atom is 0.243 e. The fraction of sp³-hybridized carbons (Fsp3) is 0.318. The van der Waals surface area contributed by atoms with Crippen molar-refractivity contribution in [2.75, 3.05) is 12.4 Å². The first-order valence-corrected chi connectivity index (χ1v) is 11.7. The number of unbranched alkanes of at least 4 members (excludes halogenated alkanes) is 1. The zero-order chi connectivity index (χ0) is 22.2. The number of thioether (sulfide) groups is 1. The monoisotopic (exact) mass is 478 g/mol. The summed E-state index contributed by atoms with van der Waals surface area (Å²) in [7, 11) is 0. The van der Waals surface area contributed by atoms with Gasteiger partial charge in [-0.3, -0.25) is 14.2 Å². The van der Waals surface area contributed by atoms with Crippen LogP contribution in [0.1, 0.15) is 31.7 Å². The van der Waals surface area contributed by atoms with Crippen molar-refractivity contribution in [3.05, 3.63) is 58.1 Å². The second kappa shape index (κ2) is 11.5. The molecule has 164 valence electrons. The summed E-state index contributed by atoms with van der Waals surface area (Å²) in [4.78, 5) is 16.5. The van der Waals surface area contributed by atoms with Crippen molar-refractivity contribution in [2.45, 2.75) is 38.3 Å². The maximum atomic E-state index is 11.6. The molecule has 0 aliphatic heterocycles. The van der Waals surface area contributed by atoms with E-state index in [4.69, 9.17) is 28.0 Å². The van der Waals surface area contributed by atoms with E-state index < -0.39 is 0 Å². The van der Waals surface area contributed by atoms with Crippen molar-refractivity contribution < 1.29 is 9.63 Å². The molecule has 1 aromatic heterocycles. The number of carbonyl (C=O) groups excluding carboxylic acids is 1. The van der Waals surface area contributed by atoms with Gasteiger partial charge in [0.25, 0.3) is 0 Å². The van der Waals surface area contributed by atoms with Gasteiger partial charge in [-0.1, -0.05) is 64.8 Å². The van der Waals surface area contributed by atoms with Crippen LogP contribution in [0, 0.1) is 6.92 Å². The predicted molar refractivity (Wildman–Crippen MR) is 126 cm³/mol. The number of benzene rings is 2. The summed E-state index contributed by atoms with van der Waals surface area (Å²) in [6.45, 7) is 4.32. The van der Waals surface area contributed by atoms with E-state index in [1.165, 1.54) is 5.56 Å². The molecule has 0 bridgehead atoms. The van der Waals surface area contributed by atoms with E-state index in [-0.39, 0.29) is 5.91 Å². The van der Waals surface area contributed by atoms with Crippen LogP contribution in [0.3, 0.4) is 0 Å². The summed E-state index contributed by atoms with van der Waals surface area (Å²) in [6, 6.07) is 13.6. The molecule has 31 heavy (non-hydrogen) atoms. The van der Waals surface area contributed by atoms with E-state index in [9.17, 15) is 4.79 Å². The Morgan fingerprint density at radius 3 is 2.58 bits per heavy atom. The molecule has 9 heteroatoms. The van der Waals surface area contributed by atoms with Gasteiger partial charge in [0.15, 0.2) is 11.0 Å². The van der Waals surface area contributed by atoms with Crippen LogP contribution in [-0.4, -0.2) is 33.0 Å². The van der Waals surface area contributed by atoms with Crippen LogP contribution in [0.2, 0.25) is 10.0 Å². The van der Waals surface area contributed by atoms with Gasteiger partial charge in [-0.15, -0.1) is 10.2 Å². The first-order chi connectivity index (χ1) is 15.0. The Labute approximate surface area is 196 Å². The molecule has 3 aromatic rings. The van der Waals surface area contributed by atoms with Gasteiger partial charge in [0.05, 0.1) is 22.3 Å². The summed E-state index contributed by atoms with van der Waals surface area (Å²) in [6.07, 6.45) is 2.05. The number of carbonyl (C=O) groups is 1. The average molecular weight is 479 g/mol. The molecule has 0 radical (unpaired) electrons. The Morgan fingerprint density at radius 1 is 1.10 bits per heavy atom. The largest absolute Gasteiger partial charge is 0.274 e. The molecular formula is C22H24Cl2N4O2S. The molecule has 1 amide bonds. The summed E-state index contributed by atoms with van der Waals surface area (Å²) in [5, 5.41) is 10.6. The van der Waals surface area contributed by atoms with Gasteiger partial charge < -0.3 is 0 Å². The van der Waals surface area contributed by atoms with Crippen molar-refractivity contribution >= 4 is 40.9 Å². The first kappa shape index (κ1) is 23.6. The van der Waals surface area contributed by atoms with Crippen LogP contribution in [0.15, 0.2) is 47.6 Å². The number of amides is 1. The Bertz CT molecular complexity index is 1020. The summed E-state index contributed by atoms with van der Waals surface area (Å²) in [5.74, 6) is 1.43. The Morgan fingerprint density at radius 2 is 1.87 bits per heavy atom. The van der Waals surface area contributed by atoms with E-state index in [1.807, 2.05) is 54.8 Å². The van der Waals surface area contributed by atoms with Crippen LogP contribution in [0.5, 0.6) is 0 Å². The molecule has 0 aliphatic carbocycles. The molecule has 0 aliphatic rings. The number of halogens is 2. The van der Waals surface area contributed by atoms with E-state index in [2.05, 4.69) is 15.7 Å². The van der Waals surface area contributed by atoms with Gasteiger partial charge in [-0.05, 0) is 44.9 Å². The second-order valence-corrected chi connectivity index (χ2v) is 8.75. The van der Waals surface area contributed by atoms with Crippen LogP contribution in [0.25, 0.3) is 17.1 Å². The number of aryl methyl sites for hydroxylation is 1. The molecule has 0 saturated heterocycles. The molecule has 3 rings (SSSR count). The van der Waals surface area contributed by atoms with Crippen molar-refractivity contribution in [3.63, 3.8) is 0 Å². The SMILES string of the molecule is CCONC(=O)CCCCSc1nnc(-c2ccc(C)cc2)n1-c1ccc(Cl)c(Cl)c1. The van der Waals surface area contributed by atoms with Gasteiger partial charge in [0.2, 0.25) is 5.91 Å². The molecule has 2 aromatic carbocycles. The smallest absolute Gasteiger partial charge is 0.243 e. The minimum absolute atomic E-state index is 0.104. The predicted octanol–water partition coefficient (Wildman–Crippen LogP) is 5.88. The van der Waals surface area contributed by atoms with Crippen LogP contribution in [0.4, 0.5) is 0 Å². The second-order valence-electron chi connectivity index (χ2n) is 6.87. The lowest BCUT2D eigenvalue weighted by Gasteiger charge is -2.11. The Hall–Kier alpha value is -2.06. The highest BCUT2D eigenvalue weighted by Crippen LogP contribution is 2.31. The van der Waals surface area contributed by atoms with E-state index in [0.717, 1.165) is 40.8 Å². The zero-order valence-electron chi connectivity index (χ0n) is 17.4. The molecule has 6 nitrogen and oxygen atoms in total. The number of aromatic nitrogens is 3. The van der Waals surface area contributed by atoms with Gasteiger partial charge in [-0.25, -0.2) is 5.48 Å². The van der Waals surface area contributed by atoms with Gasteiger partial charge in [0.1, 0.15) is 0 Å². The summed E-state index contributed by atoms with van der Waals surface area (Å²) in [5.41, 5.74) is 5.39. The van der Waals surface area contributed by atoms with Gasteiger partial charge >= 0.3 is 0 Å². The quantitative estimate of drug-likeness (QED) is 0.223. The van der Waals surface area contributed by atoms with Crippen molar-refractivity contribution in [3.8, 4) is 17.1 Å². The standard InChI is InChI=1S/C22H24Cl2N4O2S/c1-3-30-27-20(29)6-4-5-13-31-22-26-25-21(16-9-7-15(2)8-10-16)28(22)17-11-12-18(23)19(24)14-17/h7-12,14H,3-6,13H2,1-2H3,(H,27,29). The number of hydrogen-bond acceptors (Lipinski definition) is 5. The zero-order valence-corrected chi connectivity index (χ0v) is 19.7. The molecule has 0 fully saturated rings. The van der Waals surface area contributed by atoms with Gasteiger partial charge in [-0.2, -0.15) is 0 Å². The van der Waals surface area contributed by atoms with Crippen molar-refractivity contribution in [1.82, 2.24) is 20.2 Å². The fourth-order valence-corrected chi connectivity index (χ4v) is 4.11.